The lowest BCUT2D eigenvalue weighted by Crippen LogP contribution is -2.56. The fourth-order valence-electron chi connectivity index (χ4n) is 3.43. The standard InChI is InChI=1S/C15H30N2O/c1-15(2,7-11-18-3)13-16-9-10-17-8-5-4-6-14(17)12-16/h14H,4-13H2,1-3H3. The largest absolute Gasteiger partial charge is 0.385 e. The van der Waals surface area contributed by atoms with Crippen LogP contribution in [0.4, 0.5) is 0 Å². The number of piperidine rings is 1. The molecule has 2 heterocycles. The molecule has 2 aliphatic heterocycles. The first kappa shape index (κ1) is 14.3. The van der Waals surface area contributed by atoms with Gasteiger partial charge in [-0.1, -0.05) is 20.3 Å². The molecule has 2 saturated heterocycles. The van der Waals surface area contributed by atoms with E-state index in [9.17, 15) is 0 Å². The van der Waals surface area contributed by atoms with E-state index in [0.29, 0.717) is 5.41 Å². The van der Waals surface area contributed by atoms with Crippen molar-refractivity contribution in [2.45, 2.75) is 45.6 Å². The predicted molar refractivity (Wildman–Crippen MR) is 75.9 cm³/mol. The van der Waals surface area contributed by atoms with Gasteiger partial charge in [0.15, 0.2) is 0 Å². The van der Waals surface area contributed by atoms with Gasteiger partial charge in [0.2, 0.25) is 0 Å². The number of fused-ring (bicyclic) bond motifs is 1. The summed E-state index contributed by atoms with van der Waals surface area (Å²) in [6.45, 7) is 12.0. The number of hydrogen-bond donors (Lipinski definition) is 0. The Morgan fingerprint density at radius 3 is 2.78 bits per heavy atom. The fourth-order valence-corrected chi connectivity index (χ4v) is 3.43. The molecule has 0 bridgehead atoms. The first-order chi connectivity index (χ1) is 8.61. The molecule has 3 heteroatoms. The van der Waals surface area contributed by atoms with Gasteiger partial charge in [-0.2, -0.15) is 0 Å². The molecule has 0 N–H and O–H groups in total. The number of piperazine rings is 1. The van der Waals surface area contributed by atoms with Crippen molar-refractivity contribution >= 4 is 0 Å². The molecule has 1 unspecified atom stereocenters. The molecule has 106 valence electrons. The molecule has 0 saturated carbocycles. The van der Waals surface area contributed by atoms with E-state index >= 15 is 0 Å². The molecule has 2 aliphatic rings. The molecule has 0 aromatic carbocycles. The van der Waals surface area contributed by atoms with Crippen molar-refractivity contribution in [3.05, 3.63) is 0 Å². The van der Waals surface area contributed by atoms with Crippen molar-refractivity contribution in [2.75, 3.05) is 46.4 Å². The van der Waals surface area contributed by atoms with Crippen LogP contribution in [0.2, 0.25) is 0 Å². The summed E-state index contributed by atoms with van der Waals surface area (Å²) in [6.07, 6.45) is 5.42. The Labute approximate surface area is 112 Å². The molecule has 0 aromatic rings. The van der Waals surface area contributed by atoms with E-state index < -0.39 is 0 Å². The number of methoxy groups -OCH3 is 1. The monoisotopic (exact) mass is 254 g/mol. The average Bonchev–Trinajstić information content (AvgIpc) is 2.36. The van der Waals surface area contributed by atoms with Crippen LogP contribution >= 0.6 is 0 Å². The van der Waals surface area contributed by atoms with Gasteiger partial charge in [-0.15, -0.1) is 0 Å². The number of hydrogen-bond acceptors (Lipinski definition) is 3. The van der Waals surface area contributed by atoms with Crippen molar-refractivity contribution in [3.63, 3.8) is 0 Å². The Balaban J connectivity index is 1.79. The van der Waals surface area contributed by atoms with Crippen molar-refractivity contribution in [1.82, 2.24) is 9.80 Å². The molecular formula is C15H30N2O. The second-order valence-electron chi connectivity index (χ2n) is 6.83. The minimum absolute atomic E-state index is 0.382. The van der Waals surface area contributed by atoms with Gasteiger partial charge < -0.3 is 4.74 Å². The Bertz CT molecular complexity index is 255. The summed E-state index contributed by atoms with van der Waals surface area (Å²) in [5.74, 6) is 0. The highest BCUT2D eigenvalue weighted by Gasteiger charge is 2.31. The fraction of sp³-hybridized carbons (Fsp3) is 1.00. The third kappa shape index (κ3) is 3.94. The SMILES string of the molecule is COCCC(C)(C)CN1CCN2CCCCC2C1. The van der Waals surface area contributed by atoms with Crippen LogP contribution in [0, 0.1) is 5.41 Å². The predicted octanol–water partition coefficient (Wildman–Crippen LogP) is 2.22. The zero-order valence-corrected chi connectivity index (χ0v) is 12.5. The van der Waals surface area contributed by atoms with Gasteiger partial charge in [0.05, 0.1) is 0 Å². The van der Waals surface area contributed by atoms with Crippen LogP contribution in [0.3, 0.4) is 0 Å². The zero-order chi connectivity index (χ0) is 13.0. The van der Waals surface area contributed by atoms with Crippen LogP contribution in [0.1, 0.15) is 39.5 Å². The quantitative estimate of drug-likeness (QED) is 0.748. The second-order valence-corrected chi connectivity index (χ2v) is 6.83. The normalized spacial score (nSPS) is 27.2. The summed E-state index contributed by atoms with van der Waals surface area (Å²) >= 11 is 0. The summed E-state index contributed by atoms with van der Waals surface area (Å²) in [4.78, 5) is 5.39. The van der Waals surface area contributed by atoms with Gasteiger partial charge in [-0.25, -0.2) is 0 Å². The number of nitrogens with zero attached hydrogens (tertiary/aromatic N) is 2. The maximum atomic E-state index is 5.23. The zero-order valence-electron chi connectivity index (χ0n) is 12.5. The van der Waals surface area contributed by atoms with Crippen LogP contribution in [0.25, 0.3) is 0 Å². The maximum Gasteiger partial charge on any atom is 0.0467 e. The Morgan fingerprint density at radius 2 is 2.00 bits per heavy atom. The summed E-state index contributed by atoms with van der Waals surface area (Å²) in [5, 5.41) is 0. The van der Waals surface area contributed by atoms with Gasteiger partial charge in [-0.05, 0) is 31.2 Å². The molecule has 0 amide bonds. The average molecular weight is 254 g/mol. The van der Waals surface area contributed by atoms with Crippen LogP contribution in [-0.4, -0.2) is 62.3 Å². The molecule has 0 spiro atoms. The van der Waals surface area contributed by atoms with E-state index in [1.807, 2.05) is 0 Å². The Hall–Kier alpha value is -0.120. The molecule has 2 fully saturated rings. The van der Waals surface area contributed by atoms with E-state index in [0.717, 1.165) is 19.1 Å². The molecule has 0 aromatic heterocycles. The van der Waals surface area contributed by atoms with Crippen LogP contribution in [-0.2, 0) is 4.74 Å². The van der Waals surface area contributed by atoms with Crippen LogP contribution < -0.4 is 0 Å². The van der Waals surface area contributed by atoms with Gasteiger partial charge in [0.25, 0.3) is 0 Å². The topological polar surface area (TPSA) is 15.7 Å². The maximum absolute atomic E-state index is 5.23. The van der Waals surface area contributed by atoms with E-state index in [1.165, 1.54) is 52.0 Å². The molecule has 18 heavy (non-hydrogen) atoms. The van der Waals surface area contributed by atoms with E-state index in [2.05, 4.69) is 23.6 Å². The molecule has 3 nitrogen and oxygen atoms in total. The summed E-state index contributed by atoms with van der Waals surface area (Å²) < 4.78 is 5.23. The van der Waals surface area contributed by atoms with Gasteiger partial charge in [0, 0.05) is 45.9 Å². The van der Waals surface area contributed by atoms with E-state index in [1.54, 1.807) is 7.11 Å². The first-order valence-corrected chi connectivity index (χ1v) is 7.56. The van der Waals surface area contributed by atoms with Gasteiger partial charge >= 0.3 is 0 Å². The highest BCUT2D eigenvalue weighted by Crippen LogP contribution is 2.26. The lowest BCUT2D eigenvalue weighted by molar-refractivity contribution is 0.0255. The molecule has 1 atom stereocenters. The summed E-state index contributed by atoms with van der Waals surface area (Å²) in [5.41, 5.74) is 0.382. The minimum atomic E-state index is 0.382. The highest BCUT2D eigenvalue weighted by atomic mass is 16.5. The van der Waals surface area contributed by atoms with Gasteiger partial charge in [0.1, 0.15) is 0 Å². The lowest BCUT2D eigenvalue weighted by atomic mass is 9.88. The van der Waals surface area contributed by atoms with Crippen molar-refractivity contribution < 1.29 is 4.74 Å². The van der Waals surface area contributed by atoms with Crippen molar-refractivity contribution in [3.8, 4) is 0 Å². The number of rotatable bonds is 5. The van der Waals surface area contributed by atoms with E-state index in [4.69, 9.17) is 4.74 Å². The van der Waals surface area contributed by atoms with E-state index in [-0.39, 0.29) is 0 Å². The molecule has 0 aliphatic carbocycles. The Morgan fingerprint density at radius 1 is 1.17 bits per heavy atom. The molecule has 2 rings (SSSR count). The second kappa shape index (κ2) is 6.36. The van der Waals surface area contributed by atoms with Crippen LogP contribution in [0.15, 0.2) is 0 Å². The molecular weight excluding hydrogens is 224 g/mol. The molecule has 0 radical (unpaired) electrons. The third-order valence-electron chi connectivity index (χ3n) is 4.56. The smallest absolute Gasteiger partial charge is 0.0467 e. The van der Waals surface area contributed by atoms with Crippen molar-refractivity contribution in [2.24, 2.45) is 5.41 Å². The van der Waals surface area contributed by atoms with Crippen LogP contribution in [0.5, 0.6) is 0 Å². The number of ether oxygens (including phenoxy) is 1. The lowest BCUT2D eigenvalue weighted by Gasteiger charge is -2.46. The van der Waals surface area contributed by atoms with Crippen molar-refractivity contribution in [1.29, 1.82) is 0 Å². The minimum Gasteiger partial charge on any atom is -0.385 e. The first-order valence-electron chi connectivity index (χ1n) is 7.56. The highest BCUT2D eigenvalue weighted by molar-refractivity contribution is 4.87. The summed E-state index contributed by atoms with van der Waals surface area (Å²) in [6, 6.07) is 0.839. The summed E-state index contributed by atoms with van der Waals surface area (Å²) in [7, 11) is 1.80. The third-order valence-corrected chi connectivity index (χ3v) is 4.56. The van der Waals surface area contributed by atoms with Gasteiger partial charge in [-0.3, -0.25) is 9.80 Å². The Kier molecular flexibility index (Phi) is 5.05.